The molecule has 0 unspecified atom stereocenters. The average molecular weight is 261 g/mol. The van der Waals surface area contributed by atoms with Gasteiger partial charge in [-0.3, -0.25) is 0 Å². The zero-order chi connectivity index (χ0) is 13.1. The summed E-state index contributed by atoms with van der Waals surface area (Å²) >= 11 is 0. The van der Waals surface area contributed by atoms with Gasteiger partial charge in [0.1, 0.15) is 5.75 Å². The first-order valence-electron chi connectivity index (χ1n) is 7.28. The fraction of sp³-hybridized carbons (Fsp3) is 0.625. The van der Waals surface area contributed by atoms with Crippen molar-refractivity contribution in [1.29, 1.82) is 0 Å². The Balaban J connectivity index is 1.66. The monoisotopic (exact) mass is 261 g/mol. The molecule has 1 atom stereocenters. The van der Waals surface area contributed by atoms with E-state index in [4.69, 9.17) is 9.47 Å². The third-order valence-corrected chi connectivity index (χ3v) is 4.67. The number of benzene rings is 1. The van der Waals surface area contributed by atoms with Crippen molar-refractivity contribution in [2.45, 2.75) is 37.1 Å². The number of hydrogen-bond acceptors (Lipinski definition) is 3. The van der Waals surface area contributed by atoms with Crippen LogP contribution in [0.25, 0.3) is 0 Å². The van der Waals surface area contributed by atoms with Crippen molar-refractivity contribution in [3.8, 4) is 5.75 Å². The van der Waals surface area contributed by atoms with E-state index in [1.54, 1.807) is 7.11 Å². The minimum atomic E-state index is 0.342. The fourth-order valence-corrected chi connectivity index (χ4v) is 3.15. The van der Waals surface area contributed by atoms with Gasteiger partial charge in [-0.25, -0.2) is 0 Å². The molecule has 0 amide bonds. The average Bonchev–Trinajstić information content (AvgIpc) is 2.91. The summed E-state index contributed by atoms with van der Waals surface area (Å²) in [5, 5.41) is 3.70. The van der Waals surface area contributed by atoms with E-state index in [0.717, 1.165) is 31.9 Å². The highest BCUT2D eigenvalue weighted by Crippen LogP contribution is 2.43. The van der Waals surface area contributed by atoms with Crippen molar-refractivity contribution in [1.82, 2.24) is 5.32 Å². The van der Waals surface area contributed by atoms with E-state index >= 15 is 0 Å². The normalized spacial score (nSPS) is 25.0. The molecule has 19 heavy (non-hydrogen) atoms. The highest BCUT2D eigenvalue weighted by atomic mass is 16.5. The van der Waals surface area contributed by atoms with Crippen molar-refractivity contribution in [2.75, 3.05) is 26.9 Å². The Morgan fingerprint density at radius 3 is 2.63 bits per heavy atom. The summed E-state index contributed by atoms with van der Waals surface area (Å²) in [6.07, 6.45) is 5.08. The maximum Gasteiger partial charge on any atom is 0.118 e. The van der Waals surface area contributed by atoms with Gasteiger partial charge >= 0.3 is 0 Å². The summed E-state index contributed by atoms with van der Waals surface area (Å²) in [5.41, 5.74) is 1.79. The fourth-order valence-electron chi connectivity index (χ4n) is 3.15. The molecule has 1 saturated carbocycles. The van der Waals surface area contributed by atoms with Gasteiger partial charge < -0.3 is 14.8 Å². The lowest BCUT2D eigenvalue weighted by molar-refractivity contribution is 0.181. The molecule has 1 aromatic rings. The summed E-state index contributed by atoms with van der Waals surface area (Å²) in [6.45, 7) is 2.86. The number of methoxy groups -OCH3 is 1. The van der Waals surface area contributed by atoms with E-state index < -0.39 is 0 Å². The minimum Gasteiger partial charge on any atom is -0.497 e. The van der Waals surface area contributed by atoms with Crippen LogP contribution in [0.4, 0.5) is 0 Å². The molecule has 1 N–H and O–H groups in total. The summed E-state index contributed by atoms with van der Waals surface area (Å²) in [4.78, 5) is 0. The molecule has 0 bridgehead atoms. The van der Waals surface area contributed by atoms with Crippen LogP contribution in [0.1, 0.15) is 31.2 Å². The Morgan fingerprint density at radius 2 is 2.11 bits per heavy atom. The van der Waals surface area contributed by atoms with Crippen LogP contribution >= 0.6 is 0 Å². The van der Waals surface area contributed by atoms with Gasteiger partial charge in [-0.2, -0.15) is 0 Å². The van der Waals surface area contributed by atoms with Crippen LogP contribution in [0, 0.1) is 0 Å². The molecule has 2 aliphatic rings. The van der Waals surface area contributed by atoms with Crippen LogP contribution in [0.5, 0.6) is 5.75 Å². The zero-order valence-corrected chi connectivity index (χ0v) is 11.7. The van der Waals surface area contributed by atoms with Crippen LogP contribution in [-0.4, -0.2) is 32.9 Å². The van der Waals surface area contributed by atoms with E-state index in [0.29, 0.717) is 11.5 Å². The Kier molecular flexibility index (Phi) is 3.76. The first-order valence-corrected chi connectivity index (χ1v) is 7.28. The molecule has 1 aliphatic heterocycles. The molecule has 0 spiro atoms. The molecule has 1 heterocycles. The van der Waals surface area contributed by atoms with E-state index in [1.165, 1.54) is 24.8 Å². The van der Waals surface area contributed by atoms with Gasteiger partial charge in [-0.05, 0) is 37.0 Å². The van der Waals surface area contributed by atoms with Crippen molar-refractivity contribution in [3.05, 3.63) is 29.8 Å². The van der Waals surface area contributed by atoms with Gasteiger partial charge in [0.05, 0.1) is 13.7 Å². The smallest absolute Gasteiger partial charge is 0.118 e. The van der Waals surface area contributed by atoms with Crippen LogP contribution < -0.4 is 10.1 Å². The number of rotatable bonds is 5. The SMILES string of the molecule is COc1ccc(C2(CN[C@@H]3CCOC3)CCC2)cc1. The molecular weight excluding hydrogens is 238 g/mol. The number of nitrogens with one attached hydrogen (secondary N) is 1. The minimum absolute atomic E-state index is 0.342. The Labute approximate surface area is 115 Å². The van der Waals surface area contributed by atoms with Crippen LogP contribution in [0.3, 0.4) is 0 Å². The maximum atomic E-state index is 5.43. The van der Waals surface area contributed by atoms with E-state index in [2.05, 4.69) is 29.6 Å². The molecule has 1 saturated heterocycles. The third kappa shape index (κ3) is 2.63. The van der Waals surface area contributed by atoms with E-state index in [-0.39, 0.29) is 0 Å². The molecule has 3 rings (SSSR count). The summed E-state index contributed by atoms with van der Waals surface area (Å²) in [5.74, 6) is 0.940. The van der Waals surface area contributed by atoms with Crippen molar-refractivity contribution >= 4 is 0 Å². The van der Waals surface area contributed by atoms with Crippen LogP contribution in [0.2, 0.25) is 0 Å². The Morgan fingerprint density at radius 1 is 1.32 bits per heavy atom. The molecule has 0 aromatic heterocycles. The zero-order valence-electron chi connectivity index (χ0n) is 11.7. The molecule has 3 nitrogen and oxygen atoms in total. The predicted octanol–water partition coefficient (Wildman–Crippen LogP) is 2.50. The molecule has 1 aliphatic carbocycles. The van der Waals surface area contributed by atoms with Crippen LogP contribution in [-0.2, 0) is 10.2 Å². The molecule has 2 fully saturated rings. The second kappa shape index (κ2) is 5.51. The molecular formula is C16H23NO2. The first-order chi connectivity index (χ1) is 9.32. The molecule has 0 radical (unpaired) electrons. The van der Waals surface area contributed by atoms with Gasteiger partial charge in [0.15, 0.2) is 0 Å². The molecule has 104 valence electrons. The molecule has 3 heteroatoms. The lowest BCUT2D eigenvalue weighted by Crippen LogP contribution is -2.47. The van der Waals surface area contributed by atoms with E-state index in [9.17, 15) is 0 Å². The lowest BCUT2D eigenvalue weighted by Gasteiger charge is -2.43. The largest absolute Gasteiger partial charge is 0.497 e. The quantitative estimate of drug-likeness (QED) is 0.883. The highest BCUT2D eigenvalue weighted by Gasteiger charge is 2.38. The Bertz CT molecular complexity index is 405. The standard InChI is InChI=1S/C16H23NO2/c1-18-15-5-3-13(4-6-15)16(8-2-9-16)12-17-14-7-10-19-11-14/h3-6,14,17H,2,7-12H2,1H3/t14-/m1/s1. The topological polar surface area (TPSA) is 30.5 Å². The lowest BCUT2D eigenvalue weighted by atomic mass is 9.64. The number of ether oxygens (including phenoxy) is 2. The second-order valence-corrected chi connectivity index (χ2v) is 5.80. The molecule has 1 aromatic carbocycles. The first kappa shape index (κ1) is 12.9. The van der Waals surface area contributed by atoms with Crippen molar-refractivity contribution in [2.24, 2.45) is 0 Å². The maximum absolute atomic E-state index is 5.43. The van der Waals surface area contributed by atoms with E-state index in [1.807, 2.05) is 0 Å². The summed E-state index contributed by atoms with van der Waals surface area (Å²) < 4.78 is 10.7. The second-order valence-electron chi connectivity index (χ2n) is 5.80. The van der Waals surface area contributed by atoms with Gasteiger partial charge in [0.2, 0.25) is 0 Å². The Hall–Kier alpha value is -1.06. The summed E-state index contributed by atoms with van der Waals surface area (Å²) in [6, 6.07) is 9.16. The van der Waals surface area contributed by atoms with Crippen molar-refractivity contribution < 1.29 is 9.47 Å². The predicted molar refractivity (Wildman–Crippen MR) is 75.7 cm³/mol. The van der Waals surface area contributed by atoms with Gasteiger partial charge in [-0.1, -0.05) is 18.6 Å². The van der Waals surface area contributed by atoms with Crippen LogP contribution in [0.15, 0.2) is 24.3 Å². The summed E-state index contributed by atoms with van der Waals surface area (Å²) in [7, 11) is 1.72. The van der Waals surface area contributed by atoms with Crippen molar-refractivity contribution in [3.63, 3.8) is 0 Å². The highest BCUT2D eigenvalue weighted by molar-refractivity contribution is 5.34. The third-order valence-electron chi connectivity index (χ3n) is 4.67. The van der Waals surface area contributed by atoms with Gasteiger partial charge in [0.25, 0.3) is 0 Å². The van der Waals surface area contributed by atoms with Gasteiger partial charge in [0, 0.05) is 24.6 Å². The number of hydrogen-bond donors (Lipinski definition) is 1. The van der Waals surface area contributed by atoms with Gasteiger partial charge in [-0.15, -0.1) is 0 Å².